The fourth-order valence-corrected chi connectivity index (χ4v) is 2.05. The average Bonchev–Trinajstić information content (AvgIpc) is 2.57. The molecule has 0 aromatic heterocycles. The molecule has 0 saturated carbocycles. The van der Waals surface area contributed by atoms with Gasteiger partial charge in [0.05, 0.1) is 6.61 Å². The Balaban J connectivity index is 1.95. The van der Waals surface area contributed by atoms with E-state index in [0.29, 0.717) is 6.61 Å². The minimum Gasteiger partial charge on any atom is -0.465 e. The van der Waals surface area contributed by atoms with Crippen molar-refractivity contribution in [1.29, 1.82) is 0 Å². The number of carbonyl (C=O) groups is 1. The minimum absolute atomic E-state index is 0.00292. The van der Waals surface area contributed by atoms with E-state index >= 15 is 0 Å². The monoisotopic (exact) mass is 169 g/mol. The van der Waals surface area contributed by atoms with Gasteiger partial charge in [0.1, 0.15) is 6.04 Å². The summed E-state index contributed by atoms with van der Waals surface area (Å²) >= 11 is 0. The number of esters is 1. The lowest BCUT2D eigenvalue weighted by molar-refractivity contribution is -0.154. The Bertz CT molecular complexity index is 175. The van der Waals surface area contributed by atoms with Gasteiger partial charge in [0.25, 0.3) is 0 Å². The molecule has 68 valence electrons. The second-order valence-electron chi connectivity index (χ2n) is 3.57. The Hall–Kier alpha value is -0.570. The molecule has 2 aliphatic heterocycles. The van der Waals surface area contributed by atoms with Crippen LogP contribution >= 0.6 is 0 Å². The number of hydrogen-bond donors (Lipinski definition) is 0. The van der Waals surface area contributed by atoms with Crippen LogP contribution in [-0.4, -0.2) is 36.6 Å². The van der Waals surface area contributed by atoms with Crippen LogP contribution in [0.1, 0.15) is 25.7 Å². The first-order valence-electron chi connectivity index (χ1n) is 4.78. The molecule has 2 saturated heterocycles. The Labute approximate surface area is 72.7 Å². The number of carbonyl (C=O) groups excluding carboxylic acids is 1. The molecule has 1 unspecified atom stereocenters. The van der Waals surface area contributed by atoms with Gasteiger partial charge < -0.3 is 4.74 Å². The highest BCUT2D eigenvalue weighted by Crippen LogP contribution is 2.19. The Kier molecular flexibility index (Phi) is 2.30. The van der Waals surface area contributed by atoms with E-state index in [1.54, 1.807) is 0 Å². The van der Waals surface area contributed by atoms with Gasteiger partial charge >= 0.3 is 5.97 Å². The first-order chi connectivity index (χ1) is 5.88. The molecule has 0 bridgehead atoms. The van der Waals surface area contributed by atoms with Crippen molar-refractivity contribution in [3.8, 4) is 0 Å². The number of cyclic esters (lactones) is 1. The summed E-state index contributed by atoms with van der Waals surface area (Å²) in [5.41, 5.74) is 0. The molecule has 12 heavy (non-hydrogen) atoms. The Morgan fingerprint density at radius 1 is 1.25 bits per heavy atom. The van der Waals surface area contributed by atoms with E-state index in [1.165, 1.54) is 12.8 Å². The van der Waals surface area contributed by atoms with Gasteiger partial charge in [0.2, 0.25) is 0 Å². The molecule has 0 aromatic rings. The predicted molar refractivity (Wildman–Crippen MR) is 44.8 cm³/mol. The van der Waals surface area contributed by atoms with Gasteiger partial charge in [-0.3, -0.25) is 9.69 Å². The molecule has 3 nitrogen and oxygen atoms in total. The van der Waals surface area contributed by atoms with Crippen molar-refractivity contribution in [3.05, 3.63) is 0 Å². The van der Waals surface area contributed by atoms with Crippen LogP contribution in [0.5, 0.6) is 0 Å². The molecule has 2 heterocycles. The van der Waals surface area contributed by atoms with E-state index in [0.717, 1.165) is 25.9 Å². The minimum atomic E-state index is 0.00292. The lowest BCUT2D eigenvalue weighted by Gasteiger charge is -2.28. The van der Waals surface area contributed by atoms with Crippen molar-refractivity contribution in [2.75, 3.05) is 19.7 Å². The highest BCUT2D eigenvalue weighted by molar-refractivity contribution is 5.76. The molecule has 1 atom stereocenters. The quantitative estimate of drug-likeness (QED) is 0.543. The Morgan fingerprint density at radius 2 is 2.00 bits per heavy atom. The van der Waals surface area contributed by atoms with Gasteiger partial charge in [-0.05, 0) is 38.8 Å². The molecule has 0 amide bonds. The van der Waals surface area contributed by atoms with Crippen LogP contribution in [-0.2, 0) is 9.53 Å². The van der Waals surface area contributed by atoms with Crippen LogP contribution < -0.4 is 0 Å². The zero-order valence-electron chi connectivity index (χ0n) is 7.29. The fraction of sp³-hybridized carbons (Fsp3) is 0.889. The molecular formula is C9H15NO2. The maximum Gasteiger partial charge on any atom is 0.323 e. The third-order valence-electron chi connectivity index (χ3n) is 2.72. The van der Waals surface area contributed by atoms with Gasteiger partial charge in [0, 0.05) is 0 Å². The highest BCUT2D eigenvalue weighted by atomic mass is 16.5. The lowest BCUT2D eigenvalue weighted by atomic mass is 10.1. The van der Waals surface area contributed by atoms with Crippen LogP contribution in [0.3, 0.4) is 0 Å². The summed E-state index contributed by atoms with van der Waals surface area (Å²) in [6.07, 6.45) is 4.51. The van der Waals surface area contributed by atoms with Gasteiger partial charge in [-0.2, -0.15) is 0 Å². The smallest absolute Gasteiger partial charge is 0.323 e. The molecule has 0 aromatic carbocycles. The molecule has 0 radical (unpaired) electrons. The van der Waals surface area contributed by atoms with E-state index < -0.39 is 0 Å². The van der Waals surface area contributed by atoms with Crippen LogP contribution in [0.2, 0.25) is 0 Å². The van der Waals surface area contributed by atoms with Gasteiger partial charge in [-0.25, -0.2) is 0 Å². The zero-order valence-corrected chi connectivity index (χ0v) is 7.29. The van der Waals surface area contributed by atoms with Crippen molar-refractivity contribution in [2.45, 2.75) is 31.7 Å². The van der Waals surface area contributed by atoms with Crippen LogP contribution in [0.15, 0.2) is 0 Å². The third-order valence-corrected chi connectivity index (χ3v) is 2.72. The molecule has 2 fully saturated rings. The van der Waals surface area contributed by atoms with Crippen LogP contribution in [0.25, 0.3) is 0 Å². The summed E-state index contributed by atoms with van der Waals surface area (Å²) < 4.78 is 5.02. The van der Waals surface area contributed by atoms with Crippen molar-refractivity contribution < 1.29 is 9.53 Å². The third kappa shape index (κ3) is 1.46. The SMILES string of the molecule is O=C1OCCCC1N1CCCC1. The maximum absolute atomic E-state index is 11.3. The van der Waals surface area contributed by atoms with Crippen molar-refractivity contribution in [2.24, 2.45) is 0 Å². The van der Waals surface area contributed by atoms with Gasteiger partial charge in [0.15, 0.2) is 0 Å². The summed E-state index contributed by atoms with van der Waals surface area (Å²) in [4.78, 5) is 13.6. The number of nitrogens with zero attached hydrogens (tertiary/aromatic N) is 1. The zero-order chi connectivity index (χ0) is 8.39. The number of likely N-dealkylation sites (tertiary alicyclic amines) is 1. The normalized spacial score (nSPS) is 32.0. The molecule has 0 N–H and O–H groups in total. The van der Waals surface area contributed by atoms with Crippen molar-refractivity contribution >= 4 is 5.97 Å². The molecule has 2 rings (SSSR count). The number of hydrogen-bond acceptors (Lipinski definition) is 3. The van der Waals surface area contributed by atoms with Crippen molar-refractivity contribution in [1.82, 2.24) is 4.90 Å². The molecule has 0 spiro atoms. The largest absolute Gasteiger partial charge is 0.465 e. The summed E-state index contributed by atoms with van der Waals surface area (Å²) in [5.74, 6) is 0.00292. The highest BCUT2D eigenvalue weighted by Gasteiger charge is 2.31. The second kappa shape index (κ2) is 3.44. The number of rotatable bonds is 1. The van der Waals surface area contributed by atoms with Gasteiger partial charge in [-0.15, -0.1) is 0 Å². The predicted octanol–water partition coefficient (Wildman–Crippen LogP) is 0.788. The summed E-state index contributed by atoms with van der Waals surface area (Å²) in [7, 11) is 0. The lowest BCUT2D eigenvalue weighted by Crippen LogP contribution is -2.43. The Morgan fingerprint density at radius 3 is 2.67 bits per heavy atom. The second-order valence-corrected chi connectivity index (χ2v) is 3.57. The van der Waals surface area contributed by atoms with Crippen molar-refractivity contribution in [3.63, 3.8) is 0 Å². The summed E-state index contributed by atoms with van der Waals surface area (Å²) in [6, 6.07) is 0.0845. The summed E-state index contributed by atoms with van der Waals surface area (Å²) in [5, 5.41) is 0. The van der Waals surface area contributed by atoms with Crippen LogP contribution in [0, 0.1) is 0 Å². The maximum atomic E-state index is 11.3. The van der Waals surface area contributed by atoms with E-state index in [2.05, 4.69) is 4.90 Å². The average molecular weight is 169 g/mol. The molecule has 2 aliphatic rings. The van der Waals surface area contributed by atoms with E-state index in [4.69, 9.17) is 4.74 Å². The number of ether oxygens (including phenoxy) is 1. The molecule has 0 aliphatic carbocycles. The fourth-order valence-electron chi connectivity index (χ4n) is 2.05. The van der Waals surface area contributed by atoms with E-state index in [-0.39, 0.29) is 12.0 Å². The topological polar surface area (TPSA) is 29.5 Å². The molecular weight excluding hydrogens is 154 g/mol. The van der Waals surface area contributed by atoms with E-state index in [9.17, 15) is 4.79 Å². The first-order valence-corrected chi connectivity index (χ1v) is 4.78. The van der Waals surface area contributed by atoms with E-state index in [1.807, 2.05) is 0 Å². The standard InChI is InChI=1S/C9H15NO2/c11-9-8(4-3-7-12-9)10-5-1-2-6-10/h8H,1-7H2. The summed E-state index contributed by atoms with van der Waals surface area (Å²) in [6.45, 7) is 2.79. The van der Waals surface area contributed by atoms with Crippen LogP contribution in [0.4, 0.5) is 0 Å². The first kappa shape index (κ1) is 8.05. The van der Waals surface area contributed by atoms with Gasteiger partial charge in [-0.1, -0.05) is 0 Å². The molecule has 3 heteroatoms.